The summed E-state index contributed by atoms with van der Waals surface area (Å²) in [5, 5.41) is 11.8. The second-order valence-electron chi connectivity index (χ2n) is 6.24. The molecule has 2 N–H and O–H groups in total. The third kappa shape index (κ3) is 5.68. The van der Waals surface area contributed by atoms with E-state index in [1.54, 1.807) is 12.1 Å². The van der Waals surface area contributed by atoms with Crippen LogP contribution in [0.25, 0.3) is 0 Å². The molecule has 2 amide bonds. The van der Waals surface area contributed by atoms with Gasteiger partial charge in [-0.15, -0.1) is 0 Å². The average Bonchev–Trinajstić information content (AvgIpc) is 3.16. The first kappa shape index (κ1) is 21.2. The SMILES string of the molecule is COc1cc(C(=O)NNC(=O)c2csc([N+](=O)[O-])c2)ccc1OCCC(C)C. The highest BCUT2D eigenvalue weighted by atomic mass is 32.1. The Balaban J connectivity index is 1.97. The van der Waals surface area contributed by atoms with Gasteiger partial charge in [0.1, 0.15) is 0 Å². The Hall–Kier alpha value is -3.14. The summed E-state index contributed by atoms with van der Waals surface area (Å²) < 4.78 is 10.9. The number of hydrazine groups is 1. The molecule has 0 saturated heterocycles. The van der Waals surface area contributed by atoms with Crippen molar-refractivity contribution in [3.8, 4) is 11.5 Å². The van der Waals surface area contributed by atoms with Gasteiger partial charge in [-0.25, -0.2) is 0 Å². The Morgan fingerprint density at radius 2 is 1.82 bits per heavy atom. The Labute approximate surface area is 165 Å². The Bertz CT molecular complexity index is 865. The van der Waals surface area contributed by atoms with E-state index < -0.39 is 16.7 Å². The standard InChI is InChI=1S/C18H21N3O6S/c1-11(2)6-7-27-14-5-4-12(8-15(14)26-3)17(22)19-20-18(23)13-9-16(21(24)25)28-10-13/h4-5,8-11H,6-7H2,1-3H3,(H,19,22)(H,20,23). The smallest absolute Gasteiger partial charge is 0.324 e. The molecule has 0 aliphatic heterocycles. The maximum absolute atomic E-state index is 12.2. The van der Waals surface area contributed by atoms with Crippen LogP contribution >= 0.6 is 11.3 Å². The van der Waals surface area contributed by atoms with Crippen molar-refractivity contribution in [1.29, 1.82) is 0 Å². The highest BCUT2D eigenvalue weighted by molar-refractivity contribution is 7.13. The number of nitrogens with zero attached hydrogens (tertiary/aromatic N) is 1. The maximum Gasteiger partial charge on any atom is 0.324 e. The molecule has 9 nitrogen and oxygen atoms in total. The van der Waals surface area contributed by atoms with Gasteiger partial charge in [-0.05, 0) is 30.5 Å². The lowest BCUT2D eigenvalue weighted by molar-refractivity contribution is -0.380. The summed E-state index contributed by atoms with van der Waals surface area (Å²) in [6, 6.07) is 5.81. The second-order valence-corrected chi connectivity index (χ2v) is 7.13. The Morgan fingerprint density at radius 3 is 2.39 bits per heavy atom. The second kappa shape index (κ2) is 9.70. The summed E-state index contributed by atoms with van der Waals surface area (Å²) in [5.41, 5.74) is 4.83. The van der Waals surface area contributed by atoms with Gasteiger partial charge in [0, 0.05) is 17.0 Å². The molecule has 1 heterocycles. The lowest BCUT2D eigenvalue weighted by Crippen LogP contribution is -2.41. The monoisotopic (exact) mass is 407 g/mol. The van der Waals surface area contributed by atoms with Crippen molar-refractivity contribution in [3.63, 3.8) is 0 Å². The van der Waals surface area contributed by atoms with Crippen molar-refractivity contribution in [3.05, 3.63) is 50.9 Å². The van der Waals surface area contributed by atoms with Crippen LogP contribution in [-0.4, -0.2) is 30.5 Å². The first-order valence-electron chi connectivity index (χ1n) is 8.46. The number of nitro groups is 1. The number of hydrogen-bond acceptors (Lipinski definition) is 7. The number of carbonyl (C=O) groups is 2. The summed E-state index contributed by atoms with van der Waals surface area (Å²) >= 11 is 0.828. The van der Waals surface area contributed by atoms with Crippen molar-refractivity contribution in [2.24, 2.45) is 5.92 Å². The molecule has 1 aromatic heterocycles. The van der Waals surface area contributed by atoms with Crippen LogP contribution in [0.1, 0.15) is 41.0 Å². The van der Waals surface area contributed by atoms with E-state index >= 15 is 0 Å². The molecule has 0 radical (unpaired) electrons. The number of hydrogen-bond donors (Lipinski definition) is 2. The number of nitrogens with one attached hydrogen (secondary N) is 2. The molecule has 0 saturated carbocycles. The highest BCUT2D eigenvalue weighted by Crippen LogP contribution is 2.28. The third-order valence-corrected chi connectivity index (χ3v) is 4.58. The summed E-state index contributed by atoms with van der Waals surface area (Å²) in [7, 11) is 1.47. The van der Waals surface area contributed by atoms with Crippen LogP contribution < -0.4 is 20.3 Å². The lowest BCUT2D eigenvalue weighted by Gasteiger charge is -2.13. The molecule has 0 spiro atoms. The van der Waals surface area contributed by atoms with E-state index in [9.17, 15) is 19.7 Å². The number of methoxy groups -OCH3 is 1. The molecule has 0 fully saturated rings. The molecule has 28 heavy (non-hydrogen) atoms. The molecule has 150 valence electrons. The maximum atomic E-state index is 12.2. The van der Waals surface area contributed by atoms with E-state index in [1.165, 1.54) is 18.6 Å². The summed E-state index contributed by atoms with van der Waals surface area (Å²) in [4.78, 5) is 34.3. The van der Waals surface area contributed by atoms with Gasteiger partial charge in [-0.3, -0.25) is 30.6 Å². The third-order valence-electron chi connectivity index (χ3n) is 3.70. The quantitative estimate of drug-likeness (QED) is 0.512. The van der Waals surface area contributed by atoms with Crippen molar-refractivity contribution >= 4 is 28.2 Å². The minimum atomic E-state index is -0.654. The van der Waals surface area contributed by atoms with Crippen molar-refractivity contribution in [2.45, 2.75) is 20.3 Å². The van der Waals surface area contributed by atoms with Crippen molar-refractivity contribution < 1.29 is 24.0 Å². The van der Waals surface area contributed by atoms with Gasteiger partial charge in [-0.1, -0.05) is 25.2 Å². The number of amides is 2. The van der Waals surface area contributed by atoms with Crippen LogP contribution in [0.15, 0.2) is 29.6 Å². The summed E-state index contributed by atoms with van der Waals surface area (Å²) in [6.07, 6.45) is 0.887. The molecular formula is C18H21N3O6S. The Kier molecular flexibility index (Phi) is 7.33. The van der Waals surface area contributed by atoms with Gasteiger partial charge < -0.3 is 9.47 Å². The average molecular weight is 407 g/mol. The topological polar surface area (TPSA) is 120 Å². The zero-order chi connectivity index (χ0) is 20.7. The molecule has 0 atom stereocenters. The fraction of sp³-hybridized carbons (Fsp3) is 0.333. The number of ether oxygens (including phenoxy) is 2. The zero-order valence-electron chi connectivity index (χ0n) is 15.7. The molecule has 0 bridgehead atoms. The molecule has 2 aromatic rings. The van der Waals surface area contributed by atoms with Gasteiger partial charge >= 0.3 is 5.00 Å². The van der Waals surface area contributed by atoms with Crippen LogP contribution in [0.3, 0.4) is 0 Å². The van der Waals surface area contributed by atoms with E-state index in [0.717, 1.165) is 23.8 Å². The van der Waals surface area contributed by atoms with Crippen LogP contribution in [0.4, 0.5) is 5.00 Å². The normalized spacial score (nSPS) is 10.4. The van der Waals surface area contributed by atoms with E-state index in [1.807, 2.05) is 0 Å². The molecule has 2 rings (SSSR count). The highest BCUT2D eigenvalue weighted by Gasteiger charge is 2.16. The minimum absolute atomic E-state index is 0.0866. The van der Waals surface area contributed by atoms with Crippen LogP contribution in [0, 0.1) is 16.0 Å². The first-order valence-corrected chi connectivity index (χ1v) is 9.34. The fourth-order valence-corrected chi connectivity index (χ4v) is 2.83. The Morgan fingerprint density at radius 1 is 1.14 bits per heavy atom. The van der Waals surface area contributed by atoms with Crippen LogP contribution in [0.2, 0.25) is 0 Å². The molecule has 0 aliphatic carbocycles. The fourth-order valence-electron chi connectivity index (χ4n) is 2.13. The summed E-state index contributed by atoms with van der Waals surface area (Å²) in [5.74, 6) is 0.207. The predicted molar refractivity (Wildman–Crippen MR) is 104 cm³/mol. The predicted octanol–water partition coefficient (Wildman–Crippen LogP) is 3.16. The van der Waals surface area contributed by atoms with E-state index in [2.05, 4.69) is 24.7 Å². The minimum Gasteiger partial charge on any atom is -0.493 e. The zero-order valence-corrected chi connectivity index (χ0v) is 16.5. The van der Waals surface area contributed by atoms with Gasteiger partial charge in [0.2, 0.25) is 0 Å². The van der Waals surface area contributed by atoms with Crippen LogP contribution in [0.5, 0.6) is 11.5 Å². The van der Waals surface area contributed by atoms with Crippen molar-refractivity contribution in [2.75, 3.05) is 13.7 Å². The van der Waals surface area contributed by atoms with Gasteiger partial charge in [0.15, 0.2) is 11.5 Å². The number of benzene rings is 1. The molecule has 0 aliphatic rings. The van der Waals surface area contributed by atoms with Gasteiger partial charge in [0.25, 0.3) is 11.8 Å². The molecule has 0 unspecified atom stereocenters. The molecular weight excluding hydrogens is 386 g/mol. The van der Waals surface area contributed by atoms with Gasteiger partial charge in [0.05, 0.1) is 24.2 Å². The first-order chi connectivity index (χ1) is 13.3. The van der Waals surface area contributed by atoms with E-state index in [-0.39, 0.29) is 16.1 Å². The van der Waals surface area contributed by atoms with E-state index in [0.29, 0.717) is 24.0 Å². The van der Waals surface area contributed by atoms with Gasteiger partial charge in [-0.2, -0.15) is 0 Å². The number of rotatable bonds is 8. The van der Waals surface area contributed by atoms with Crippen molar-refractivity contribution in [1.82, 2.24) is 10.9 Å². The summed E-state index contributed by atoms with van der Waals surface area (Å²) in [6.45, 7) is 4.72. The molecule has 10 heteroatoms. The molecule has 1 aromatic carbocycles. The largest absolute Gasteiger partial charge is 0.493 e. The van der Waals surface area contributed by atoms with Crippen LogP contribution in [-0.2, 0) is 0 Å². The number of carbonyl (C=O) groups excluding carboxylic acids is 2. The lowest BCUT2D eigenvalue weighted by atomic mass is 10.1. The van der Waals surface area contributed by atoms with E-state index in [4.69, 9.17) is 9.47 Å². The number of thiophene rings is 1.